The summed E-state index contributed by atoms with van der Waals surface area (Å²) < 4.78 is 0. The molecule has 5 heteroatoms. The smallest absolute Gasteiger partial charge is 0.261 e. The summed E-state index contributed by atoms with van der Waals surface area (Å²) in [4.78, 5) is 13.6. The molecule has 1 aliphatic carbocycles. The minimum Gasteiger partial charge on any atom is -0.382 e. The Labute approximate surface area is 119 Å². The molecule has 0 bridgehead atoms. The van der Waals surface area contributed by atoms with E-state index < -0.39 is 5.60 Å². The van der Waals surface area contributed by atoms with E-state index in [-0.39, 0.29) is 18.4 Å². The Hall–Kier alpha value is -1.17. The number of hydrogen-bond donors (Lipinski definition) is 2. The van der Waals surface area contributed by atoms with Crippen LogP contribution < -0.4 is 5.32 Å². The normalized spacial score (nSPS) is 17.9. The Balaban J connectivity index is 1.71. The molecule has 2 heterocycles. The highest BCUT2D eigenvalue weighted by Crippen LogP contribution is 2.46. The molecular weight excluding hydrogens is 278 g/mol. The van der Waals surface area contributed by atoms with Crippen molar-refractivity contribution in [2.24, 2.45) is 5.92 Å². The maximum absolute atomic E-state index is 12.0. The third kappa shape index (κ3) is 2.59. The van der Waals surface area contributed by atoms with Gasteiger partial charge in [-0.3, -0.25) is 4.79 Å². The monoisotopic (exact) mass is 293 g/mol. The molecule has 0 aromatic carbocycles. The van der Waals surface area contributed by atoms with E-state index in [1.807, 2.05) is 29.0 Å². The van der Waals surface area contributed by atoms with E-state index in [0.717, 1.165) is 17.7 Å². The van der Waals surface area contributed by atoms with E-state index in [1.54, 1.807) is 17.4 Å². The highest BCUT2D eigenvalue weighted by molar-refractivity contribution is 7.12. The number of amides is 1. The Bertz CT molecular complexity index is 546. The summed E-state index contributed by atoms with van der Waals surface area (Å²) in [6.45, 7) is 0.287. The lowest BCUT2D eigenvalue weighted by atomic mass is 9.95. The largest absolute Gasteiger partial charge is 0.382 e. The Morgan fingerprint density at radius 2 is 2.05 bits per heavy atom. The predicted octanol–water partition coefficient (Wildman–Crippen LogP) is 2.84. The van der Waals surface area contributed by atoms with E-state index in [1.165, 1.54) is 11.3 Å². The van der Waals surface area contributed by atoms with Gasteiger partial charge in [0.1, 0.15) is 5.60 Å². The lowest BCUT2D eigenvalue weighted by Gasteiger charge is -2.27. The first-order valence-corrected chi connectivity index (χ1v) is 8.04. The summed E-state index contributed by atoms with van der Waals surface area (Å²) in [6.07, 6.45) is 2.06. The summed E-state index contributed by atoms with van der Waals surface area (Å²) in [6, 6.07) is 7.53. The van der Waals surface area contributed by atoms with Crippen molar-refractivity contribution < 1.29 is 9.90 Å². The molecule has 1 fully saturated rings. The van der Waals surface area contributed by atoms with Crippen molar-refractivity contribution in [3.63, 3.8) is 0 Å². The van der Waals surface area contributed by atoms with E-state index >= 15 is 0 Å². The fraction of sp³-hybridized carbons (Fsp3) is 0.357. The van der Waals surface area contributed by atoms with Gasteiger partial charge in [-0.05, 0) is 41.7 Å². The predicted molar refractivity (Wildman–Crippen MR) is 77.6 cm³/mol. The summed E-state index contributed by atoms with van der Waals surface area (Å²) in [7, 11) is 0. The molecular formula is C14H15NO2S2. The lowest BCUT2D eigenvalue weighted by Crippen LogP contribution is -2.41. The molecule has 2 aromatic rings. The molecule has 3 rings (SSSR count). The molecule has 1 amide bonds. The Morgan fingerprint density at radius 3 is 2.63 bits per heavy atom. The van der Waals surface area contributed by atoms with E-state index in [2.05, 4.69) is 5.32 Å². The fourth-order valence-electron chi connectivity index (χ4n) is 2.23. The van der Waals surface area contributed by atoms with Gasteiger partial charge in [0.15, 0.2) is 0 Å². The second-order valence-electron chi connectivity index (χ2n) is 4.84. The number of carbonyl (C=O) groups is 1. The number of carbonyl (C=O) groups excluding carboxylic acids is 1. The summed E-state index contributed by atoms with van der Waals surface area (Å²) in [5.74, 6) is 0.167. The fourth-order valence-corrected chi connectivity index (χ4v) is 3.77. The Morgan fingerprint density at radius 1 is 1.32 bits per heavy atom. The van der Waals surface area contributed by atoms with Crippen LogP contribution in [0.5, 0.6) is 0 Å². The van der Waals surface area contributed by atoms with Crippen molar-refractivity contribution in [2.75, 3.05) is 6.54 Å². The molecule has 1 aliphatic rings. The van der Waals surface area contributed by atoms with Gasteiger partial charge in [-0.15, -0.1) is 22.7 Å². The van der Waals surface area contributed by atoms with Crippen molar-refractivity contribution in [3.05, 3.63) is 44.8 Å². The molecule has 19 heavy (non-hydrogen) atoms. The van der Waals surface area contributed by atoms with Gasteiger partial charge in [-0.2, -0.15) is 0 Å². The van der Waals surface area contributed by atoms with Crippen LogP contribution in [0.2, 0.25) is 0 Å². The van der Waals surface area contributed by atoms with Crippen LogP contribution in [0.3, 0.4) is 0 Å². The zero-order valence-electron chi connectivity index (χ0n) is 10.3. The highest BCUT2D eigenvalue weighted by Gasteiger charge is 2.45. The molecule has 100 valence electrons. The first-order valence-electron chi connectivity index (χ1n) is 6.28. The molecule has 2 aromatic heterocycles. The number of rotatable bonds is 5. The number of hydrogen-bond acceptors (Lipinski definition) is 4. The number of nitrogens with one attached hydrogen (secondary N) is 1. The molecule has 0 spiro atoms. The molecule has 0 unspecified atom stereocenters. The quantitative estimate of drug-likeness (QED) is 0.890. The Kier molecular flexibility index (Phi) is 3.43. The van der Waals surface area contributed by atoms with E-state index in [4.69, 9.17) is 0 Å². The van der Waals surface area contributed by atoms with Gasteiger partial charge in [0.25, 0.3) is 5.91 Å². The maximum Gasteiger partial charge on any atom is 0.261 e. The lowest BCUT2D eigenvalue weighted by molar-refractivity contribution is 0.0170. The van der Waals surface area contributed by atoms with Crippen molar-refractivity contribution in [1.82, 2.24) is 5.32 Å². The van der Waals surface area contributed by atoms with Gasteiger partial charge in [0.05, 0.1) is 11.4 Å². The molecule has 1 atom stereocenters. The molecule has 0 saturated heterocycles. The summed E-state index contributed by atoms with van der Waals surface area (Å²) in [5, 5.41) is 17.6. The van der Waals surface area contributed by atoms with Crippen molar-refractivity contribution in [2.45, 2.75) is 18.4 Å². The minimum atomic E-state index is -0.902. The second-order valence-corrected chi connectivity index (χ2v) is 6.73. The van der Waals surface area contributed by atoms with Gasteiger partial charge in [-0.1, -0.05) is 12.1 Å². The SMILES string of the molecule is O=C(NC[C@@](O)(c1cccs1)C1CC1)c1cccs1. The van der Waals surface area contributed by atoms with Crippen LogP contribution in [0.25, 0.3) is 0 Å². The molecule has 0 radical (unpaired) electrons. The molecule has 3 nitrogen and oxygen atoms in total. The van der Waals surface area contributed by atoms with Crippen LogP contribution in [0.15, 0.2) is 35.0 Å². The molecule has 0 aliphatic heterocycles. The van der Waals surface area contributed by atoms with Crippen LogP contribution in [-0.2, 0) is 5.60 Å². The van der Waals surface area contributed by atoms with Gasteiger partial charge < -0.3 is 10.4 Å². The average molecular weight is 293 g/mol. The second kappa shape index (κ2) is 5.07. The highest BCUT2D eigenvalue weighted by atomic mass is 32.1. The maximum atomic E-state index is 12.0. The van der Waals surface area contributed by atoms with Crippen LogP contribution in [-0.4, -0.2) is 17.6 Å². The minimum absolute atomic E-state index is 0.106. The van der Waals surface area contributed by atoms with Gasteiger partial charge >= 0.3 is 0 Å². The van der Waals surface area contributed by atoms with E-state index in [0.29, 0.717) is 4.88 Å². The van der Waals surface area contributed by atoms with Crippen molar-refractivity contribution in [1.29, 1.82) is 0 Å². The number of aliphatic hydroxyl groups is 1. The molecule has 2 N–H and O–H groups in total. The zero-order valence-corrected chi connectivity index (χ0v) is 12.0. The van der Waals surface area contributed by atoms with Gasteiger partial charge in [-0.25, -0.2) is 0 Å². The summed E-state index contributed by atoms with van der Waals surface area (Å²) >= 11 is 2.96. The molecule has 1 saturated carbocycles. The first-order chi connectivity index (χ1) is 9.20. The third-order valence-electron chi connectivity index (χ3n) is 3.46. The average Bonchev–Trinajstić information content (AvgIpc) is 2.95. The van der Waals surface area contributed by atoms with Crippen LogP contribution in [0.4, 0.5) is 0 Å². The first kappa shape index (κ1) is 12.8. The number of thiophene rings is 2. The topological polar surface area (TPSA) is 49.3 Å². The third-order valence-corrected chi connectivity index (χ3v) is 5.37. The van der Waals surface area contributed by atoms with Crippen molar-refractivity contribution in [3.8, 4) is 0 Å². The van der Waals surface area contributed by atoms with Crippen LogP contribution >= 0.6 is 22.7 Å². The van der Waals surface area contributed by atoms with Crippen molar-refractivity contribution >= 4 is 28.6 Å². The van der Waals surface area contributed by atoms with Crippen LogP contribution in [0, 0.1) is 5.92 Å². The standard InChI is InChI=1S/C14H15NO2S2/c16-13(11-3-1-7-18-11)15-9-14(17,10-5-6-10)12-4-2-8-19-12/h1-4,7-8,10,17H,5-6,9H2,(H,15,16)/t14-/m0/s1. The van der Waals surface area contributed by atoms with Gasteiger partial charge in [0, 0.05) is 4.88 Å². The van der Waals surface area contributed by atoms with Gasteiger partial charge in [0.2, 0.25) is 0 Å². The zero-order chi connectivity index (χ0) is 13.3. The van der Waals surface area contributed by atoms with Crippen LogP contribution in [0.1, 0.15) is 27.4 Å². The summed E-state index contributed by atoms with van der Waals surface area (Å²) in [5.41, 5.74) is -0.902. The van der Waals surface area contributed by atoms with E-state index in [9.17, 15) is 9.90 Å².